The van der Waals surface area contributed by atoms with Gasteiger partial charge in [0.15, 0.2) is 0 Å². The van der Waals surface area contributed by atoms with Crippen molar-refractivity contribution in [3.05, 3.63) is 43.0 Å². The molecule has 18 heavy (non-hydrogen) atoms. The number of aromatic nitrogens is 2. The third-order valence-corrected chi connectivity index (χ3v) is 3.32. The third-order valence-electron chi connectivity index (χ3n) is 3.32. The first-order chi connectivity index (χ1) is 8.92. The highest BCUT2D eigenvalue weighted by Crippen LogP contribution is 2.17. The molecular formula is C14H18N4. The highest BCUT2D eigenvalue weighted by molar-refractivity contribution is 5.51. The molecule has 0 saturated carbocycles. The van der Waals surface area contributed by atoms with Gasteiger partial charge in [0.2, 0.25) is 0 Å². The highest BCUT2D eigenvalue weighted by Gasteiger charge is 2.12. The summed E-state index contributed by atoms with van der Waals surface area (Å²) < 4.78 is 2.02. The van der Waals surface area contributed by atoms with Crippen LogP contribution in [0.3, 0.4) is 0 Å². The molecule has 0 bridgehead atoms. The maximum Gasteiger partial charge on any atom is 0.0991 e. The number of piperidine rings is 1. The number of imidazole rings is 1. The van der Waals surface area contributed by atoms with Crippen molar-refractivity contribution >= 4 is 5.69 Å². The molecule has 1 unspecified atom stereocenters. The van der Waals surface area contributed by atoms with E-state index in [-0.39, 0.29) is 0 Å². The molecule has 1 aromatic heterocycles. The van der Waals surface area contributed by atoms with Crippen molar-refractivity contribution in [3.8, 4) is 5.69 Å². The second kappa shape index (κ2) is 5.23. The molecule has 4 nitrogen and oxygen atoms in total. The van der Waals surface area contributed by atoms with Crippen LogP contribution < -0.4 is 10.6 Å². The summed E-state index contributed by atoms with van der Waals surface area (Å²) in [6, 6.07) is 8.99. The lowest BCUT2D eigenvalue weighted by Crippen LogP contribution is -2.38. The van der Waals surface area contributed by atoms with Crippen LogP contribution in [0.2, 0.25) is 0 Å². The number of hydrogen-bond acceptors (Lipinski definition) is 3. The molecule has 4 heteroatoms. The Morgan fingerprint density at radius 2 is 2.39 bits per heavy atom. The van der Waals surface area contributed by atoms with Gasteiger partial charge in [0, 0.05) is 36.4 Å². The summed E-state index contributed by atoms with van der Waals surface area (Å²) in [4.78, 5) is 4.08. The summed E-state index contributed by atoms with van der Waals surface area (Å²) in [5.74, 6) is 0. The van der Waals surface area contributed by atoms with Gasteiger partial charge in [-0.15, -0.1) is 0 Å². The zero-order valence-corrected chi connectivity index (χ0v) is 10.3. The lowest BCUT2D eigenvalue weighted by molar-refractivity contribution is 0.480. The summed E-state index contributed by atoms with van der Waals surface area (Å²) in [5.41, 5.74) is 2.32. The van der Waals surface area contributed by atoms with Crippen molar-refractivity contribution < 1.29 is 0 Å². The van der Waals surface area contributed by atoms with Crippen molar-refractivity contribution in [2.24, 2.45) is 0 Å². The standard InChI is InChI=1S/C14H18N4/c1-3-12(17-13-4-2-6-15-10-13)9-14(5-1)18-8-7-16-11-18/h1,3,5,7-9,11,13,15,17H,2,4,6,10H2. The predicted octanol–water partition coefficient (Wildman–Crippen LogP) is 2.04. The van der Waals surface area contributed by atoms with E-state index in [2.05, 4.69) is 39.9 Å². The van der Waals surface area contributed by atoms with E-state index < -0.39 is 0 Å². The molecule has 0 spiro atoms. The summed E-state index contributed by atoms with van der Waals surface area (Å²) >= 11 is 0. The number of anilines is 1. The van der Waals surface area contributed by atoms with Gasteiger partial charge in [-0.3, -0.25) is 0 Å². The first-order valence-electron chi connectivity index (χ1n) is 6.47. The van der Waals surface area contributed by atoms with Crippen LogP contribution >= 0.6 is 0 Å². The van der Waals surface area contributed by atoms with E-state index in [4.69, 9.17) is 0 Å². The quantitative estimate of drug-likeness (QED) is 0.865. The number of hydrogen-bond donors (Lipinski definition) is 2. The molecule has 1 fully saturated rings. The first-order valence-corrected chi connectivity index (χ1v) is 6.47. The summed E-state index contributed by atoms with van der Waals surface area (Å²) in [7, 11) is 0. The Kier molecular flexibility index (Phi) is 3.28. The average molecular weight is 242 g/mol. The lowest BCUT2D eigenvalue weighted by atomic mass is 10.1. The monoisotopic (exact) mass is 242 g/mol. The van der Waals surface area contributed by atoms with Gasteiger partial charge in [-0.1, -0.05) is 6.07 Å². The summed E-state index contributed by atoms with van der Waals surface area (Å²) in [6.45, 7) is 2.20. The van der Waals surface area contributed by atoms with E-state index in [9.17, 15) is 0 Å². The molecule has 1 aliphatic heterocycles. The molecule has 3 rings (SSSR count). The molecule has 0 amide bonds. The van der Waals surface area contributed by atoms with E-state index >= 15 is 0 Å². The first kappa shape index (κ1) is 11.3. The Morgan fingerprint density at radius 3 is 3.17 bits per heavy atom. The van der Waals surface area contributed by atoms with Gasteiger partial charge in [0.25, 0.3) is 0 Å². The van der Waals surface area contributed by atoms with E-state index in [0.29, 0.717) is 6.04 Å². The van der Waals surface area contributed by atoms with Crippen molar-refractivity contribution in [3.63, 3.8) is 0 Å². The molecule has 1 aromatic carbocycles. The van der Waals surface area contributed by atoms with E-state index in [0.717, 1.165) is 18.8 Å². The molecule has 1 saturated heterocycles. The maximum absolute atomic E-state index is 4.08. The van der Waals surface area contributed by atoms with Gasteiger partial charge in [-0.25, -0.2) is 4.98 Å². The topological polar surface area (TPSA) is 41.9 Å². The highest BCUT2D eigenvalue weighted by atomic mass is 15.0. The van der Waals surface area contributed by atoms with Crippen LogP contribution in [0.25, 0.3) is 5.69 Å². The van der Waals surface area contributed by atoms with Crippen LogP contribution in [-0.4, -0.2) is 28.7 Å². The molecule has 0 aliphatic carbocycles. The average Bonchev–Trinajstić information content (AvgIpc) is 2.94. The van der Waals surface area contributed by atoms with Crippen molar-refractivity contribution in [2.75, 3.05) is 18.4 Å². The normalized spacial score (nSPS) is 19.7. The number of nitrogens with one attached hydrogen (secondary N) is 2. The van der Waals surface area contributed by atoms with Crippen LogP contribution in [-0.2, 0) is 0 Å². The maximum atomic E-state index is 4.08. The fraction of sp³-hybridized carbons (Fsp3) is 0.357. The largest absolute Gasteiger partial charge is 0.381 e. The predicted molar refractivity (Wildman–Crippen MR) is 73.1 cm³/mol. The Balaban J connectivity index is 1.74. The van der Waals surface area contributed by atoms with Gasteiger partial charge in [-0.05, 0) is 37.6 Å². The van der Waals surface area contributed by atoms with Crippen LogP contribution in [0.15, 0.2) is 43.0 Å². The Bertz CT molecular complexity index is 486. The SMILES string of the molecule is c1cc(NC2CCCNC2)cc(-n2ccnc2)c1. The van der Waals surface area contributed by atoms with Crippen LogP contribution in [0.1, 0.15) is 12.8 Å². The second-order valence-electron chi connectivity index (χ2n) is 4.71. The Hall–Kier alpha value is -1.81. The minimum Gasteiger partial charge on any atom is -0.381 e. The number of rotatable bonds is 3. The summed E-state index contributed by atoms with van der Waals surface area (Å²) in [6.07, 6.45) is 8.06. The zero-order valence-electron chi connectivity index (χ0n) is 10.3. The number of benzene rings is 1. The molecular weight excluding hydrogens is 224 g/mol. The van der Waals surface area contributed by atoms with E-state index in [1.54, 1.807) is 6.20 Å². The van der Waals surface area contributed by atoms with Gasteiger partial charge < -0.3 is 15.2 Å². The molecule has 2 N–H and O–H groups in total. The molecule has 2 aromatic rings. The Labute approximate surface area is 107 Å². The second-order valence-corrected chi connectivity index (χ2v) is 4.71. The number of nitrogens with zero attached hydrogens (tertiary/aromatic N) is 2. The summed E-state index contributed by atoms with van der Waals surface area (Å²) in [5, 5.41) is 7.01. The smallest absolute Gasteiger partial charge is 0.0991 e. The van der Waals surface area contributed by atoms with Gasteiger partial charge in [0.05, 0.1) is 6.33 Å². The minimum absolute atomic E-state index is 0.539. The zero-order chi connectivity index (χ0) is 12.2. The van der Waals surface area contributed by atoms with Gasteiger partial charge in [0.1, 0.15) is 0 Å². The van der Waals surface area contributed by atoms with Gasteiger partial charge >= 0.3 is 0 Å². The van der Waals surface area contributed by atoms with Crippen molar-refractivity contribution in [1.29, 1.82) is 0 Å². The molecule has 1 atom stereocenters. The lowest BCUT2D eigenvalue weighted by Gasteiger charge is -2.25. The van der Waals surface area contributed by atoms with Crippen LogP contribution in [0.5, 0.6) is 0 Å². The molecule has 0 radical (unpaired) electrons. The van der Waals surface area contributed by atoms with Gasteiger partial charge in [-0.2, -0.15) is 0 Å². The van der Waals surface area contributed by atoms with E-state index in [1.165, 1.54) is 18.5 Å². The fourth-order valence-electron chi connectivity index (χ4n) is 2.38. The van der Waals surface area contributed by atoms with E-state index in [1.807, 2.05) is 17.1 Å². The molecule has 94 valence electrons. The minimum atomic E-state index is 0.539. The third kappa shape index (κ3) is 2.54. The van der Waals surface area contributed by atoms with Crippen molar-refractivity contribution in [1.82, 2.24) is 14.9 Å². The van der Waals surface area contributed by atoms with Crippen LogP contribution in [0, 0.1) is 0 Å². The molecule has 1 aliphatic rings. The van der Waals surface area contributed by atoms with Crippen LogP contribution in [0.4, 0.5) is 5.69 Å². The van der Waals surface area contributed by atoms with Crippen molar-refractivity contribution in [2.45, 2.75) is 18.9 Å². The molecule has 2 heterocycles. The Morgan fingerprint density at radius 1 is 1.39 bits per heavy atom. The fourth-order valence-corrected chi connectivity index (χ4v) is 2.38.